The SMILES string of the molecule is Cc1cc(C(C)(C)C)cc(C(C)(C)C)c1[O][Al]([CH2]C(C)C)[c]1c(F)c(F)c(F)c(F)c1F. The van der Waals surface area contributed by atoms with Gasteiger partial charge in [0.05, 0.1) is 5.75 Å². The summed E-state index contributed by atoms with van der Waals surface area (Å²) in [5, 5.41) is 0.211. The summed E-state index contributed by atoms with van der Waals surface area (Å²) in [7, 11) is 0. The fourth-order valence-corrected chi connectivity index (χ4v) is 6.34. The van der Waals surface area contributed by atoms with Crippen LogP contribution in [0.2, 0.25) is 5.28 Å². The third-order valence-electron chi connectivity index (χ3n) is 5.46. The lowest BCUT2D eigenvalue weighted by Crippen LogP contribution is -2.44. The summed E-state index contributed by atoms with van der Waals surface area (Å²) < 4.78 is 76.5. The Hall–Kier alpha value is -1.58. The maximum atomic E-state index is 14.7. The molecule has 0 saturated carbocycles. The zero-order valence-corrected chi connectivity index (χ0v) is 21.5. The molecule has 0 fully saturated rings. The molecule has 7 heteroatoms. The van der Waals surface area contributed by atoms with E-state index in [0.29, 0.717) is 5.75 Å². The molecule has 0 atom stereocenters. The standard InChI is InChI=1S/C15H24O.C6F5.C4H9.Al/c1-10-8-11(14(2,3)4)9-12(13(10)16)15(5,6)7;7-2-1-3(8)5(10)6(11)4(2)9;1-4(2)3;/h8-9,16H,1-7H3;;4H,1H2,2-3H3;/q;;;+1/p-1. The van der Waals surface area contributed by atoms with Crippen LogP contribution in [0.1, 0.15) is 72.1 Å². The maximum Gasteiger partial charge on any atom is 0.595 e. The summed E-state index contributed by atoms with van der Waals surface area (Å²) in [6, 6.07) is 3.98. The van der Waals surface area contributed by atoms with Gasteiger partial charge in [0.25, 0.3) is 0 Å². The molecule has 2 aromatic rings. The Morgan fingerprint density at radius 1 is 0.781 bits per heavy atom. The molecule has 0 spiro atoms. The highest BCUT2D eigenvalue weighted by Gasteiger charge is 2.40. The van der Waals surface area contributed by atoms with Gasteiger partial charge in [-0.1, -0.05) is 73.4 Å². The Balaban J connectivity index is 2.76. The first-order valence-corrected chi connectivity index (χ1v) is 12.7. The molecule has 0 saturated heterocycles. The fourth-order valence-electron chi connectivity index (χ4n) is 3.62. The van der Waals surface area contributed by atoms with Crippen molar-refractivity contribution in [2.45, 2.75) is 78.4 Å². The van der Waals surface area contributed by atoms with Gasteiger partial charge in [-0.15, -0.1) is 0 Å². The topological polar surface area (TPSA) is 9.23 Å². The Kier molecular flexibility index (Phi) is 7.79. The van der Waals surface area contributed by atoms with Crippen molar-refractivity contribution >= 4 is 18.9 Å². The summed E-state index contributed by atoms with van der Waals surface area (Å²) in [5.74, 6) is -9.19. The van der Waals surface area contributed by atoms with Gasteiger partial charge in [0, 0.05) is 4.43 Å². The van der Waals surface area contributed by atoms with Gasteiger partial charge < -0.3 is 3.79 Å². The molecule has 0 aliphatic rings. The molecule has 0 heterocycles. The Bertz CT molecular complexity index is 974. The first-order chi connectivity index (χ1) is 14.5. The summed E-state index contributed by atoms with van der Waals surface area (Å²) in [4.78, 5) is 0. The quantitative estimate of drug-likeness (QED) is 0.194. The van der Waals surface area contributed by atoms with Crippen LogP contribution in [0.15, 0.2) is 12.1 Å². The summed E-state index contributed by atoms with van der Waals surface area (Å²) in [5.41, 5.74) is 2.18. The molecule has 0 N–H and O–H groups in total. The zero-order chi connectivity index (χ0) is 24.8. The van der Waals surface area contributed by atoms with Crippen molar-refractivity contribution in [3.63, 3.8) is 0 Å². The molecule has 0 aliphatic carbocycles. The second kappa shape index (κ2) is 9.35. The van der Waals surface area contributed by atoms with Crippen LogP contribution in [-0.4, -0.2) is 14.5 Å². The van der Waals surface area contributed by atoms with E-state index >= 15 is 0 Å². The van der Waals surface area contributed by atoms with Gasteiger partial charge in [-0.25, -0.2) is 22.0 Å². The molecule has 2 rings (SSSR count). The molecule has 176 valence electrons. The van der Waals surface area contributed by atoms with Crippen LogP contribution in [-0.2, 0) is 10.8 Å². The van der Waals surface area contributed by atoms with E-state index in [1.807, 2.05) is 53.7 Å². The normalized spacial score (nSPS) is 12.5. The Morgan fingerprint density at radius 3 is 1.66 bits per heavy atom. The van der Waals surface area contributed by atoms with Crippen LogP contribution >= 0.6 is 0 Å². The van der Waals surface area contributed by atoms with Crippen molar-refractivity contribution in [1.82, 2.24) is 0 Å². The van der Waals surface area contributed by atoms with Gasteiger partial charge in [-0.3, -0.25) is 0 Å². The minimum absolute atomic E-state index is 0.0612. The third kappa shape index (κ3) is 5.49. The molecule has 0 radical (unpaired) electrons. The smallest absolute Gasteiger partial charge is 0.595 e. The van der Waals surface area contributed by atoms with Gasteiger partial charge in [-0.2, -0.15) is 0 Å². The fraction of sp³-hybridized carbons (Fsp3) is 0.520. The van der Waals surface area contributed by atoms with E-state index in [1.54, 1.807) is 0 Å². The monoisotopic (exact) mass is 470 g/mol. The number of rotatable bonds is 5. The third-order valence-corrected chi connectivity index (χ3v) is 8.50. The first-order valence-electron chi connectivity index (χ1n) is 10.8. The average molecular weight is 471 g/mol. The number of hydrogen-bond donors (Lipinski definition) is 0. The van der Waals surface area contributed by atoms with Crippen LogP contribution < -0.4 is 8.21 Å². The Labute approximate surface area is 192 Å². The van der Waals surface area contributed by atoms with Crippen molar-refractivity contribution in [2.24, 2.45) is 5.92 Å². The molecule has 32 heavy (non-hydrogen) atoms. The van der Waals surface area contributed by atoms with E-state index in [9.17, 15) is 22.0 Å². The number of benzene rings is 2. The van der Waals surface area contributed by atoms with Gasteiger partial charge in [-0.05, 0) is 39.7 Å². The van der Waals surface area contributed by atoms with Crippen molar-refractivity contribution < 1.29 is 25.7 Å². The van der Waals surface area contributed by atoms with E-state index in [-0.39, 0.29) is 22.0 Å². The van der Waals surface area contributed by atoms with Crippen molar-refractivity contribution in [3.8, 4) is 5.75 Å². The lowest BCUT2D eigenvalue weighted by molar-refractivity contribution is 0.382. The highest BCUT2D eigenvalue weighted by Crippen LogP contribution is 2.39. The van der Waals surface area contributed by atoms with E-state index < -0.39 is 48.0 Å². The number of halogens is 5. The van der Waals surface area contributed by atoms with E-state index in [0.717, 1.165) is 16.7 Å². The highest BCUT2D eigenvalue weighted by molar-refractivity contribution is 6.68. The molecule has 1 nitrogen and oxygen atoms in total. The van der Waals surface area contributed by atoms with Crippen LogP contribution in [0.4, 0.5) is 22.0 Å². The van der Waals surface area contributed by atoms with Crippen molar-refractivity contribution in [1.29, 1.82) is 0 Å². The van der Waals surface area contributed by atoms with E-state index in [1.165, 1.54) is 0 Å². The predicted molar refractivity (Wildman–Crippen MR) is 120 cm³/mol. The van der Waals surface area contributed by atoms with E-state index in [4.69, 9.17) is 3.79 Å². The molecular formula is C25H32AlF5O. The molecule has 0 bridgehead atoms. The number of hydrogen-bond acceptors (Lipinski definition) is 1. The highest BCUT2D eigenvalue weighted by atomic mass is 27.2. The van der Waals surface area contributed by atoms with Crippen LogP contribution in [0.25, 0.3) is 0 Å². The predicted octanol–water partition coefficient (Wildman–Crippen LogP) is 7.22. The first kappa shape index (κ1) is 26.7. The molecule has 0 aromatic heterocycles. The van der Waals surface area contributed by atoms with Gasteiger partial charge in [0.2, 0.25) is 0 Å². The van der Waals surface area contributed by atoms with Crippen LogP contribution in [0.5, 0.6) is 5.75 Å². The van der Waals surface area contributed by atoms with Crippen LogP contribution in [0, 0.1) is 41.9 Å². The van der Waals surface area contributed by atoms with Gasteiger partial charge >= 0.3 is 14.5 Å². The summed E-state index contributed by atoms with van der Waals surface area (Å²) in [6.45, 7) is 17.7. The minimum atomic E-state index is -3.11. The molecule has 0 amide bonds. The largest absolute Gasteiger partial charge is 0.639 e. The summed E-state index contributed by atoms with van der Waals surface area (Å²) >= 11 is -3.11. The Morgan fingerprint density at radius 2 is 1.25 bits per heavy atom. The maximum absolute atomic E-state index is 14.7. The molecule has 0 unspecified atom stereocenters. The van der Waals surface area contributed by atoms with Gasteiger partial charge in [0.1, 0.15) is 0 Å². The van der Waals surface area contributed by atoms with Crippen LogP contribution in [0.3, 0.4) is 0 Å². The summed E-state index contributed by atoms with van der Waals surface area (Å²) in [6.07, 6.45) is 0. The average Bonchev–Trinajstić information content (AvgIpc) is 2.64. The molecule has 0 aliphatic heterocycles. The zero-order valence-electron chi connectivity index (χ0n) is 20.3. The lowest BCUT2D eigenvalue weighted by atomic mass is 9.79. The molecular weight excluding hydrogens is 438 g/mol. The van der Waals surface area contributed by atoms with E-state index in [2.05, 4.69) is 20.8 Å². The van der Waals surface area contributed by atoms with Crippen molar-refractivity contribution in [2.75, 3.05) is 0 Å². The minimum Gasteiger partial charge on any atom is -0.639 e. The molecule has 2 aromatic carbocycles. The van der Waals surface area contributed by atoms with Crippen molar-refractivity contribution in [3.05, 3.63) is 57.9 Å². The number of aryl methyl sites for hydroxylation is 1. The van der Waals surface area contributed by atoms with Gasteiger partial charge in [0.15, 0.2) is 29.1 Å². The second-order valence-electron chi connectivity index (χ2n) is 10.9. The second-order valence-corrected chi connectivity index (χ2v) is 13.2. The lowest BCUT2D eigenvalue weighted by Gasteiger charge is -2.31.